The maximum atomic E-state index is 13.8. The molecular weight excluding hydrogens is 550 g/mol. The molecule has 0 saturated carbocycles. The molecule has 2 amide bonds. The number of carboxylic acids is 1. The summed E-state index contributed by atoms with van der Waals surface area (Å²) in [6, 6.07) is 12.1. The predicted octanol–water partition coefficient (Wildman–Crippen LogP) is 2.65. The van der Waals surface area contributed by atoms with Gasteiger partial charge in [-0.25, -0.2) is 8.78 Å². The highest BCUT2D eigenvalue weighted by Gasteiger charge is 2.30. The van der Waals surface area contributed by atoms with E-state index in [4.69, 9.17) is 5.11 Å². The van der Waals surface area contributed by atoms with Gasteiger partial charge in [0.2, 0.25) is 23.4 Å². The Kier molecular flexibility index (Phi) is 9.17. The largest absolute Gasteiger partial charge is 0.481 e. The Bertz CT molecular complexity index is 1470. The number of ketones is 1. The Hall–Kier alpha value is -4.52. The first-order chi connectivity index (χ1) is 19.5. The van der Waals surface area contributed by atoms with Gasteiger partial charge in [0.15, 0.2) is 23.2 Å². The highest BCUT2D eigenvalue weighted by atomic mass is 19.2. The van der Waals surface area contributed by atoms with Crippen molar-refractivity contribution in [3.63, 3.8) is 0 Å². The van der Waals surface area contributed by atoms with E-state index in [1.807, 2.05) is 47.4 Å². The molecule has 9 nitrogen and oxygen atoms in total. The fourth-order valence-electron chi connectivity index (χ4n) is 4.41. The third-order valence-corrected chi connectivity index (χ3v) is 6.49. The van der Waals surface area contributed by atoms with Crippen molar-refractivity contribution in [1.29, 1.82) is 0 Å². The highest BCUT2D eigenvalue weighted by molar-refractivity contribution is 5.94. The van der Waals surface area contributed by atoms with Crippen molar-refractivity contribution in [2.75, 3.05) is 32.8 Å². The van der Waals surface area contributed by atoms with Crippen LogP contribution in [0.15, 0.2) is 48.5 Å². The lowest BCUT2D eigenvalue weighted by atomic mass is 10.1. The first-order valence-corrected chi connectivity index (χ1v) is 12.5. The molecule has 0 unspecified atom stereocenters. The van der Waals surface area contributed by atoms with Crippen molar-refractivity contribution in [3.05, 3.63) is 77.4 Å². The molecule has 1 fully saturated rings. The molecule has 3 aromatic carbocycles. The van der Waals surface area contributed by atoms with Crippen molar-refractivity contribution in [2.24, 2.45) is 0 Å². The predicted molar refractivity (Wildman–Crippen MR) is 137 cm³/mol. The zero-order valence-corrected chi connectivity index (χ0v) is 21.5. The van der Waals surface area contributed by atoms with Gasteiger partial charge in [0, 0.05) is 25.7 Å². The minimum atomic E-state index is -1.88. The summed E-state index contributed by atoms with van der Waals surface area (Å²) in [7, 11) is 0. The lowest BCUT2D eigenvalue weighted by Crippen LogP contribution is -2.54. The molecule has 3 aromatic rings. The number of carbonyl (C=O) groups is 4. The van der Waals surface area contributed by atoms with Crippen LogP contribution < -0.4 is 10.1 Å². The van der Waals surface area contributed by atoms with Crippen LogP contribution in [-0.2, 0) is 25.7 Å². The van der Waals surface area contributed by atoms with E-state index in [1.54, 1.807) is 0 Å². The van der Waals surface area contributed by atoms with Crippen LogP contribution in [0.2, 0.25) is 0 Å². The fourth-order valence-corrected chi connectivity index (χ4v) is 4.41. The van der Waals surface area contributed by atoms with E-state index >= 15 is 0 Å². The van der Waals surface area contributed by atoms with Crippen LogP contribution >= 0.6 is 0 Å². The number of nitrogens with zero attached hydrogens (tertiary/aromatic N) is 2. The Morgan fingerprint density at radius 3 is 2.29 bits per heavy atom. The van der Waals surface area contributed by atoms with Crippen LogP contribution in [0.3, 0.4) is 0 Å². The lowest BCUT2D eigenvalue weighted by molar-refractivity contribution is -0.143. The van der Waals surface area contributed by atoms with E-state index in [0.29, 0.717) is 13.1 Å². The second-order valence-corrected chi connectivity index (χ2v) is 9.48. The number of carbonyl (C=O) groups excluding carboxylic acids is 3. The van der Waals surface area contributed by atoms with Crippen molar-refractivity contribution in [3.8, 4) is 5.75 Å². The van der Waals surface area contributed by atoms with Crippen LogP contribution in [0.1, 0.15) is 12.0 Å². The zero-order valence-electron chi connectivity index (χ0n) is 21.5. The normalized spacial score (nSPS) is 14.6. The number of amides is 2. The maximum Gasteiger partial charge on any atom is 0.305 e. The molecule has 216 valence electrons. The average molecular weight is 576 g/mol. The molecular formula is C28H25F4N3O6. The number of piperazine rings is 1. The van der Waals surface area contributed by atoms with Crippen molar-refractivity contribution in [1.82, 2.24) is 15.1 Å². The number of hydrogen-bond donors (Lipinski definition) is 2. The van der Waals surface area contributed by atoms with Crippen LogP contribution in [0.25, 0.3) is 10.8 Å². The number of fused-ring (bicyclic) bond motifs is 1. The zero-order chi connectivity index (χ0) is 29.7. The lowest BCUT2D eigenvalue weighted by Gasteiger charge is -2.34. The number of Topliss-reactive ketones (excluding diaryl/α,β-unsaturated/α-hetero) is 1. The summed E-state index contributed by atoms with van der Waals surface area (Å²) in [5.41, 5.74) is 1.01. The topological polar surface area (TPSA) is 116 Å². The first-order valence-electron chi connectivity index (χ1n) is 12.5. The molecule has 0 aliphatic carbocycles. The van der Waals surface area contributed by atoms with Gasteiger partial charge in [0.05, 0.1) is 19.5 Å². The number of aliphatic carboxylic acids is 1. The van der Waals surface area contributed by atoms with Gasteiger partial charge < -0.3 is 20.1 Å². The number of carboxylic acid groups (broad SMARTS) is 1. The summed E-state index contributed by atoms with van der Waals surface area (Å²) >= 11 is 0. The average Bonchev–Trinajstić information content (AvgIpc) is 2.92. The fraction of sp³-hybridized carbons (Fsp3) is 0.286. The van der Waals surface area contributed by atoms with E-state index < -0.39 is 72.3 Å². The second kappa shape index (κ2) is 12.8. The Balaban J connectivity index is 1.31. The number of benzene rings is 3. The van der Waals surface area contributed by atoms with Crippen molar-refractivity contribution >= 4 is 34.3 Å². The van der Waals surface area contributed by atoms with E-state index in [-0.39, 0.29) is 25.1 Å². The van der Waals surface area contributed by atoms with Gasteiger partial charge in [-0.05, 0) is 22.4 Å². The molecule has 41 heavy (non-hydrogen) atoms. The van der Waals surface area contributed by atoms with Crippen molar-refractivity contribution in [2.45, 2.75) is 19.0 Å². The SMILES string of the molecule is O=C(O)C[C@H](NC(=O)CN1CCN(Cc2ccc3ccccc3c2)CC1=O)C(=O)COc1c(F)c(F)cc(F)c1F. The second-order valence-electron chi connectivity index (χ2n) is 9.48. The molecule has 1 aliphatic rings. The van der Waals surface area contributed by atoms with Gasteiger partial charge in [-0.3, -0.25) is 24.1 Å². The van der Waals surface area contributed by atoms with Gasteiger partial charge in [-0.15, -0.1) is 0 Å². The highest BCUT2D eigenvalue weighted by Crippen LogP contribution is 2.26. The molecule has 0 aromatic heterocycles. The minimum absolute atomic E-state index is 0.0345. The third-order valence-electron chi connectivity index (χ3n) is 6.49. The molecule has 1 aliphatic heterocycles. The first kappa shape index (κ1) is 29.5. The standard InChI is InChI=1S/C28H25F4N3O6/c29-19-10-20(30)27(32)28(26(19)31)41-15-22(36)21(11-25(39)40)33-23(37)13-35-8-7-34(14-24(35)38)12-16-5-6-17-3-1-2-4-18(17)9-16/h1-6,9-10,21H,7-8,11-15H2,(H,33,37)(H,39,40)/t21-/m0/s1. The van der Waals surface area contributed by atoms with Gasteiger partial charge in [-0.1, -0.05) is 36.4 Å². The van der Waals surface area contributed by atoms with E-state index in [1.165, 1.54) is 4.90 Å². The van der Waals surface area contributed by atoms with Gasteiger partial charge in [0.25, 0.3) is 0 Å². The Morgan fingerprint density at radius 1 is 0.951 bits per heavy atom. The molecule has 0 radical (unpaired) electrons. The Labute approximate surface area is 231 Å². The maximum absolute atomic E-state index is 13.8. The van der Waals surface area contributed by atoms with Gasteiger partial charge in [-0.2, -0.15) is 8.78 Å². The molecule has 0 spiro atoms. The van der Waals surface area contributed by atoms with Crippen LogP contribution in [0.4, 0.5) is 17.6 Å². The summed E-state index contributed by atoms with van der Waals surface area (Å²) in [6.45, 7) is -0.454. The number of rotatable bonds is 11. The van der Waals surface area contributed by atoms with E-state index in [0.717, 1.165) is 16.3 Å². The number of ether oxygens (including phenoxy) is 1. The molecule has 1 atom stereocenters. The number of hydrogen-bond acceptors (Lipinski definition) is 6. The molecule has 13 heteroatoms. The summed E-state index contributed by atoms with van der Waals surface area (Å²) in [5.74, 6) is -12.6. The molecule has 4 rings (SSSR count). The number of halogens is 4. The van der Waals surface area contributed by atoms with Gasteiger partial charge >= 0.3 is 5.97 Å². The molecule has 1 heterocycles. The summed E-state index contributed by atoms with van der Waals surface area (Å²) in [4.78, 5) is 52.2. The van der Waals surface area contributed by atoms with Crippen LogP contribution in [-0.4, -0.2) is 77.3 Å². The summed E-state index contributed by atoms with van der Waals surface area (Å²) in [6.07, 6.45) is -0.913. The van der Waals surface area contributed by atoms with E-state index in [2.05, 4.69) is 10.1 Å². The molecule has 0 bridgehead atoms. The van der Waals surface area contributed by atoms with E-state index in [9.17, 15) is 36.7 Å². The van der Waals surface area contributed by atoms with Gasteiger partial charge in [0.1, 0.15) is 12.6 Å². The quantitative estimate of drug-likeness (QED) is 0.267. The van der Waals surface area contributed by atoms with Crippen molar-refractivity contribution < 1.29 is 46.6 Å². The summed E-state index contributed by atoms with van der Waals surface area (Å²) < 4.78 is 58.9. The molecule has 1 saturated heterocycles. The minimum Gasteiger partial charge on any atom is -0.481 e. The smallest absolute Gasteiger partial charge is 0.305 e. The summed E-state index contributed by atoms with van der Waals surface area (Å²) in [5, 5.41) is 13.5. The Morgan fingerprint density at radius 2 is 1.63 bits per heavy atom. The third kappa shape index (κ3) is 7.37. The van der Waals surface area contributed by atoms with Crippen LogP contribution in [0.5, 0.6) is 5.75 Å². The monoisotopic (exact) mass is 575 g/mol. The number of nitrogens with one attached hydrogen (secondary N) is 1. The van der Waals surface area contributed by atoms with Crippen LogP contribution in [0, 0.1) is 23.3 Å². The molecule has 2 N–H and O–H groups in total.